The van der Waals surface area contributed by atoms with Gasteiger partial charge in [-0.25, -0.2) is 4.39 Å². The van der Waals surface area contributed by atoms with Crippen molar-refractivity contribution in [3.63, 3.8) is 0 Å². The van der Waals surface area contributed by atoms with Gasteiger partial charge in [-0.2, -0.15) is 0 Å². The lowest BCUT2D eigenvalue weighted by Gasteiger charge is -2.21. The first-order valence-corrected chi connectivity index (χ1v) is 6.87. The van der Waals surface area contributed by atoms with Gasteiger partial charge in [0.25, 0.3) is 0 Å². The van der Waals surface area contributed by atoms with Crippen LogP contribution in [0.3, 0.4) is 0 Å². The minimum absolute atomic E-state index is 0.0563. The molecule has 0 aliphatic carbocycles. The molecule has 4 heteroatoms. The molecular weight excluding hydrogens is 275 g/mol. The predicted octanol–water partition coefficient (Wildman–Crippen LogP) is 3.84. The number of rotatable bonds is 4. The average Bonchev–Trinajstić information content (AvgIpc) is 2.39. The fourth-order valence-electron chi connectivity index (χ4n) is 2.53. The van der Waals surface area contributed by atoms with Crippen LogP contribution in [0.2, 0.25) is 5.02 Å². The van der Waals surface area contributed by atoms with E-state index < -0.39 is 0 Å². The van der Waals surface area contributed by atoms with Crippen LogP contribution < -0.4 is 11.3 Å². The fourth-order valence-corrected chi connectivity index (χ4v) is 2.77. The van der Waals surface area contributed by atoms with Crippen molar-refractivity contribution in [3.8, 4) is 0 Å². The van der Waals surface area contributed by atoms with Crippen molar-refractivity contribution in [2.45, 2.75) is 26.3 Å². The first kappa shape index (κ1) is 15.0. The van der Waals surface area contributed by atoms with Gasteiger partial charge in [0.1, 0.15) is 5.82 Å². The zero-order valence-corrected chi connectivity index (χ0v) is 12.3. The summed E-state index contributed by atoms with van der Waals surface area (Å²) >= 11 is 6.09. The first-order valence-electron chi connectivity index (χ1n) is 6.49. The molecule has 0 aliphatic rings. The second-order valence-corrected chi connectivity index (χ2v) is 5.37. The van der Waals surface area contributed by atoms with E-state index in [0.29, 0.717) is 11.4 Å². The third kappa shape index (κ3) is 3.18. The Bertz CT molecular complexity index is 593. The summed E-state index contributed by atoms with van der Waals surface area (Å²) in [6.45, 7) is 4.11. The van der Waals surface area contributed by atoms with Crippen LogP contribution in [0, 0.1) is 19.7 Å². The number of nitrogens with one attached hydrogen (secondary N) is 1. The second-order valence-electron chi connectivity index (χ2n) is 4.96. The molecular formula is C16H18ClFN2. The molecule has 0 fully saturated rings. The van der Waals surface area contributed by atoms with E-state index in [1.165, 1.54) is 23.3 Å². The van der Waals surface area contributed by atoms with Crippen molar-refractivity contribution in [3.05, 3.63) is 69.5 Å². The van der Waals surface area contributed by atoms with E-state index in [1.807, 2.05) is 6.07 Å². The minimum atomic E-state index is -0.330. The Morgan fingerprint density at radius 3 is 2.40 bits per heavy atom. The number of hydrogen-bond donors (Lipinski definition) is 2. The maximum atomic E-state index is 13.1. The van der Waals surface area contributed by atoms with Crippen LogP contribution in [-0.4, -0.2) is 0 Å². The maximum Gasteiger partial charge on any atom is 0.124 e. The lowest BCUT2D eigenvalue weighted by molar-refractivity contribution is 0.546. The van der Waals surface area contributed by atoms with Crippen molar-refractivity contribution >= 4 is 11.6 Å². The summed E-state index contributed by atoms with van der Waals surface area (Å²) in [5, 5.41) is 0.427. The van der Waals surface area contributed by atoms with Crippen molar-refractivity contribution in [1.82, 2.24) is 5.43 Å². The third-order valence-corrected chi connectivity index (χ3v) is 3.88. The van der Waals surface area contributed by atoms with E-state index in [4.69, 9.17) is 17.4 Å². The molecule has 3 N–H and O–H groups in total. The normalized spacial score (nSPS) is 12.4. The van der Waals surface area contributed by atoms with Crippen molar-refractivity contribution in [2.75, 3.05) is 0 Å². The van der Waals surface area contributed by atoms with E-state index in [9.17, 15) is 4.39 Å². The molecule has 0 amide bonds. The molecule has 0 saturated heterocycles. The Morgan fingerprint density at radius 1 is 1.20 bits per heavy atom. The van der Waals surface area contributed by atoms with Gasteiger partial charge in [0.2, 0.25) is 0 Å². The molecule has 0 aliphatic heterocycles. The van der Waals surface area contributed by atoms with Gasteiger partial charge < -0.3 is 0 Å². The summed E-state index contributed by atoms with van der Waals surface area (Å²) in [4.78, 5) is 0. The number of hydrazine groups is 1. The molecule has 0 bridgehead atoms. The Hall–Kier alpha value is -1.42. The van der Waals surface area contributed by atoms with Crippen LogP contribution in [0.25, 0.3) is 0 Å². The Kier molecular flexibility index (Phi) is 4.76. The zero-order valence-electron chi connectivity index (χ0n) is 11.6. The molecule has 106 valence electrons. The van der Waals surface area contributed by atoms with Crippen LogP contribution >= 0.6 is 11.6 Å². The molecule has 2 aromatic carbocycles. The molecule has 0 heterocycles. The van der Waals surface area contributed by atoms with Gasteiger partial charge in [-0.05, 0) is 54.7 Å². The average molecular weight is 293 g/mol. The van der Waals surface area contributed by atoms with Gasteiger partial charge in [0, 0.05) is 5.02 Å². The molecule has 0 saturated carbocycles. The highest BCUT2D eigenvalue weighted by Gasteiger charge is 2.16. The number of halogens is 2. The van der Waals surface area contributed by atoms with Crippen LogP contribution in [0.4, 0.5) is 4.39 Å². The highest BCUT2D eigenvalue weighted by atomic mass is 35.5. The number of hydrogen-bond acceptors (Lipinski definition) is 2. The van der Waals surface area contributed by atoms with Crippen LogP contribution in [0.15, 0.2) is 36.4 Å². The predicted molar refractivity (Wildman–Crippen MR) is 81.1 cm³/mol. The van der Waals surface area contributed by atoms with E-state index in [2.05, 4.69) is 31.4 Å². The van der Waals surface area contributed by atoms with Gasteiger partial charge >= 0.3 is 0 Å². The number of benzene rings is 2. The summed E-state index contributed by atoms with van der Waals surface area (Å²) in [6, 6.07) is 10.5. The summed E-state index contributed by atoms with van der Waals surface area (Å²) in [5.74, 6) is 5.37. The molecule has 2 rings (SSSR count). The fraction of sp³-hybridized carbons (Fsp3) is 0.250. The summed E-state index contributed by atoms with van der Waals surface area (Å²) < 4.78 is 13.1. The Labute approximate surface area is 123 Å². The van der Waals surface area contributed by atoms with Crippen molar-refractivity contribution in [2.24, 2.45) is 5.84 Å². The van der Waals surface area contributed by atoms with Gasteiger partial charge in [-0.3, -0.25) is 11.3 Å². The maximum absolute atomic E-state index is 13.1. The quantitative estimate of drug-likeness (QED) is 0.664. The lowest BCUT2D eigenvalue weighted by atomic mass is 9.92. The second kappa shape index (κ2) is 6.35. The van der Waals surface area contributed by atoms with Gasteiger partial charge in [-0.15, -0.1) is 0 Å². The van der Waals surface area contributed by atoms with Gasteiger partial charge in [-0.1, -0.05) is 35.9 Å². The molecule has 0 aromatic heterocycles. The lowest BCUT2D eigenvalue weighted by Crippen LogP contribution is -2.30. The van der Waals surface area contributed by atoms with Crippen molar-refractivity contribution in [1.29, 1.82) is 0 Å². The molecule has 20 heavy (non-hydrogen) atoms. The summed E-state index contributed by atoms with van der Waals surface area (Å²) in [5.41, 5.74) is 7.22. The first-order chi connectivity index (χ1) is 9.52. The number of nitrogens with two attached hydrogens (primary N) is 1. The number of aryl methyl sites for hydroxylation is 2. The van der Waals surface area contributed by atoms with E-state index in [0.717, 1.165) is 11.1 Å². The topological polar surface area (TPSA) is 38.0 Å². The highest BCUT2D eigenvalue weighted by Crippen LogP contribution is 2.27. The molecule has 1 unspecified atom stereocenters. The Balaban J connectivity index is 2.34. The third-order valence-electron chi connectivity index (χ3n) is 3.53. The SMILES string of the molecule is Cc1cccc(C)c1C(Cc1ccc(F)cc1Cl)NN. The molecule has 0 radical (unpaired) electrons. The van der Waals surface area contributed by atoms with Crippen LogP contribution in [0.5, 0.6) is 0 Å². The molecule has 1 atom stereocenters. The van der Waals surface area contributed by atoms with Crippen molar-refractivity contribution < 1.29 is 4.39 Å². The monoisotopic (exact) mass is 292 g/mol. The molecule has 2 aromatic rings. The largest absolute Gasteiger partial charge is 0.271 e. The van der Waals surface area contributed by atoms with Gasteiger partial charge in [0.05, 0.1) is 6.04 Å². The highest BCUT2D eigenvalue weighted by molar-refractivity contribution is 6.31. The zero-order chi connectivity index (χ0) is 14.7. The van der Waals surface area contributed by atoms with E-state index >= 15 is 0 Å². The summed E-state index contributed by atoms with van der Waals surface area (Å²) in [6.07, 6.45) is 0.612. The standard InChI is InChI=1S/C16H18ClFN2/c1-10-4-3-5-11(2)16(10)15(20-19)8-12-6-7-13(18)9-14(12)17/h3-7,9,15,20H,8,19H2,1-2H3. The summed E-state index contributed by atoms with van der Waals surface area (Å²) in [7, 11) is 0. The van der Waals surface area contributed by atoms with E-state index in [1.54, 1.807) is 6.07 Å². The molecule has 0 spiro atoms. The van der Waals surface area contributed by atoms with Crippen LogP contribution in [-0.2, 0) is 6.42 Å². The Morgan fingerprint density at radius 2 is 1.85 bits per heavy atom. The molecule has 2 nitrogen and oxygen atoms in total. The smallest absolute Gasteiger partial charge is 0.124 e. The van der Waals surface area contributed by atoms with E-state index in [-0.39, 0.29) is 11.9 Å². The van der Waals surface area contributed by atoms with Gasteiger partial charge in [0.15, 0.2) is 0 Å². The van der Waals surface area contributed by atoms with Crippen LogP contribution in [0.1, 0.15) is 28.3 Å². The minimum Gasteiger partial charge on any atom is -0.271 e.